The zero-order valence-corrected chi connectivity index (χ0v) is 23.8. The fraction of sp³-hybridized carbons (Fsp3) is 0.900. The van der Waals surface area contributed by atoms with Crippen LogP contribution in [0, 0.1) is 17.3 Å². The van der Waals surface area contributed by atoms with Gasteiger partial charge in [-0.05, 0) is 43.4 Å². The molecule has 0 aliphatic carbocycles. The number of hydrogen-bond acceptors (Lipinski definition) is 0. The van der Waals surface area contributed by atoms with Crippen LogP contribution in [0.1, 0.15) is 150 Å². The minimum Gasteiger partial charge on any atom is -0.244 e. The zero-order valence-electron chi connectivity index (χ0n) is 23.8. The normalized spacial score (nSPS) is 16.2. The summed E-state index contributed by atoms with van der Waals surface area (Å²) in [7, 11) is 2.35. The lowest BCUT2D eigenvalue weighted by Gasteiger charge is -2.48. The molecule has 1 N–H and O–H groups in total. The summed E-state index contributed by atoms with van der Waals surface area (Å²) in [6.45, 7) is 22.0. The SMILES string of the molecule is CCCCc1c(CC)[nH]c(C(C)(CCCC)C(C(C)CCCC)C(C)(C)CCCC)[n+]1C. The van der Waals surface area contributed by atoms with Crippen LogP contribution >= 0.6 is 0 Å². The van der Waals surface area contributed by atoms with Crippen LogP contribution in [0.3, 0.4) is 0 Å². The van der Waals surface area contributed by atoms with Gasteiger partial charge in [-0.1, -0.05) is 107 Å². The second kappa shape index (κ2) is 13.8. The Morgan fingerprint density at radius 2 is 1.38 bits per heavy atom. The van der Waals surface area contributed by atoms with E-state index in [0.717, 1.165) is 12.3 Å². The van der Waals surface area contributed by atoms with E-state index in [-0.39, 0.29) is 5.41 Å². The molecule has 1 rings (SSSR count). The summed E-state index contributed by atoms with van der Waals surface area (Å²) in [5.74, 6) is 2.91. The van der Waals surface area contributed by atoms with Crippen molar-refractivity contribution in [1.29, 1.82) is 0 Å². The summed E-state index contributed by atoms with van der Waals surface area (Å²) in [5, 5.41) is 0. The van der Waals surface area contributed by atoms with E-state index in [2.05, 4.69) is 78.9 Å². The second-order valence-corrected chi connectivity index (χ2v) is 11.6. The quantitative estimate of drug-likeness (QED) is 0.230. The number of H-pyrrole nitrogens is 1. The third-order valence-electron chi connectivity index (χ3n) is 8.35. The first-order valence-corrected chi connectivity index (χ1v) is 14.2. The average molecular weight is 448 g/mol. The molecule has 2 nitrogen and oxygen atoms in total. The van der Waals surface area contributed by atoms with Gasteiger partial charge in [0.25, 0.3) is 5.82 Å². The van der Waals surface area contributed by atoms with Crippen molar-refractivity contribution in [3.8, 4) is 0 Å². The Hall–Kier alpha value is -0.790. The van der Waals surface area contributed by atoms with E-state index in [9.17, 15) is 0 Å². The van der Waals surface area contributed by atoms with Gasteiger partial charge in [0, 0.05) is 12.8 Å². The van der Waals surface area contributed by atoms with Crippen LogP contribution in [0.5, 0.6) is 0 Å². The molecule has 3 atom stereocenters. The Morgan fingerprint density at radius 3 is 1.91 bits per heavy atom. The summed E-state index contributed by atoms with van der Waals surface area (Å²) >= 11 is 0. The van der Waals surface area contributed by atoms with Crippen molar-refractivity contribution in [2.24, 2.45) is 24.3 Å². The van der Waals surface area contributed by atoms with Crippen molar-refractivity contribution in [2.45, 2.75) is 151 Å². The summed E-state index contributed by atoms with van der Waals surface area (Å²) in [6.07, 6.45) is 16.7. The van der Waals surface area contributed by atoms with Crippen molar-refractivity contribution in [3.05, 3.63) is 17.2 Å². The lowest BCUT2D eigenvalue weighted by atomic mass is 9.55. The third-order valence-corrected chi connectivity index (χ3v) is 8.35. The topological polar surface area (TPSA) is 19.7 Å². The summed E-state index contributed by atoms with van der Waals surface area (Å²) < 4.78 is 2.60. The predicted molar refractivity (Wildman–Crippen MR) is 142 cm³/mol. The van der Waals surface area contributed by atoms with Crippen LogP contribution in [0.2, 0.25) is 0 Å². The second-order valence-electron chi connectivity index (χ2n) is 11.6. The molecule has 0 amide bonds. The van der Waals surface area contributed by atoms with Crippen molar-refractivity contribution in [1.82, 2.24) is 4.98 Å². The molecule has 0 aromatic carbocycles. The highest BCUT2D eigenvalue weighted by atomic mass is 15.1. The van der Waals surface area contributed by atoms with E-state index in [1.807, 2.05) is 0 Å². The zero-order chi connectivity index (χ0) is 24.4. The first kappa shape index (κ1) is 29.2. The molecule has 2 heteroatoms. The molecule has 0 radical (unpaired) electrons. The summed E-state index contributed by atoms with van der Waals surface area (Å²) in [4.78, 5) is 4.04. The molecule has 0 aliphatic heterocycles. The Balaban J connectivity index is 3.65. The lowest BCUT2D eigenvalue weighted by molar-refractivity contribution is -0.690. The number of nitrogens with one attached hydrogen (secondary N) is 1. The van der Waals surface area contributed by atoms with Crippen LogP contribution in [0.25, 0.3) is 0 Å². The maximum atomic E-state index is 4.04. The molecular formula is C30H59N2+. The van der Waals surface area contributed by atoms with Gasteiger partial charge in [0.2, 0.25) is 0 Å². The lowest BCUT2D eigenvalue weighted by Crippen LogP contribution is -2.52. The molecule has 3 unspecified atom stereocenters. The number of aromatic nitrogens is 2. The molecule has 0 saturated carbocycles. The van der Waals surface area contributed by atoms with Gasteiger partial charge in [0.15, 0.2) is 0 Å². The van der Waals surface area contributed by atoms with Crippen molar-refractivity contribution >= 4 is 0 Å². The van der Waals surface area contributed by atoms with Crippen LogP contribution in [-0.4, -0.2) is 4.98 Å². The molecule has 1 heterocycles. The number of aryl methyl sites for hydroxylation is 1. The van der Waals surface area contributed by atoms with Crippen molar-refractivity contribution in [3.63, 3.8) is 0 Å². The highest BCUT2D eigenvalue weighted by Crippen LogP contribution is 2.51. The van der Waals surface area contributed by atoms with E-state index in [1.54, 1.807) is 5.69 Å². The molecule has 1 aromatic heterocycles. The van der Waals surface area contributed by atoms with Gasteiger partial charge in [-0.15, -0.1) is 0 Å². The highest BCUT2D eigenvalue weighted by molar-refractivity contribution is 5.16. The van der Waals surface area contributed by atoms with E-state index in [0.29, 0.717) is 11.3 Å². The van der Waals surface area contributed by atoms with E-state index in [4.69, 9.17) is 0 Å². The number of imidazole rings is 1. The minimum atomic E-state index is 0.170. The largest absolute Gasteiger partial charge is 0.260 e. The Morgan fingerprint density at radius 1 is 0.812 bits per heavy atom. The maximum Gasteiger partial charge on any atom is 0.260 e. The summed E-state index contributed by atoms with van der Waals surface area (Å²) in [6, 6.07) is 0. The molecule has 32 heavy (non-hydrogen) atoms. The third kappa shape index (κ3) is 7.10. The molecule has 1 aromatic rings. The standard InChI is InChI=1S/C30H58N2/c1-11-16-20-24(6)27(29(7,8)22-18-13-3)30(9,23-19-14-4)28-31-25(15-5)26(32(28)10)21-17-12-2/h24,27H,11-23H2,1-10H3/p+1. The number of unbranched alkanes of at least 4 members (excludes halogenated alkanes) is 4. The van der Waals surface area contributed by atoms with Gasteiger partial charge in [-0.2, -0.15) is 0 Å². The predicted octanol–water partition coefficient (Wildman–Crippen LogP) is 8.85. The Bertz CT molecular complexity index is 642. The van der Waals surface area contributed by atoms with Crippen LogP contribution in [-0.2, 0) is 25.3 Å². The van der Waals surface area contributed by atoms with E-state index < -0.39 is 0 Å². The highest BCUT2D eigenvalue weighted by Gasteiger charge is 2.51. The van der Waals surface area contributed by atoms with Crippen LogP contribution < -0.4 is 4.57 Å². The fourth-order valence-electron chi connectivity index (χ4n) is 6.82. The molecule has 0 aliphatic rings. The number of rotatable bonds is 17. The molecule has 0 fully saturated rings. The van der Waals surface area contributed by atoms with Gasteiger partial charge in [0.05, 0.1) is 12.5 Å². The molecule has 0 spiro atoms. The Labute approximate surface area is 202 Å². The van der Waals surface area contributed by atoms with Gasteiger partial charge < -0.3 is 0 Å². The smallest absolute Gasteiger partial charge is 0.244 e. The van der Waals surface area contributed by atoms with Gasteiger partial charge >= 0.3 is 0 Å². The average Bonchev–Trinajstić information content (AvgIpc) is 3.09. The number of aromatic amines is 1. The van der Waals surface area contributed by atoms with E-state index >= 15 is 0 Å². The number of nitrogens with zero attached hydrogens (tertiary/aromatic N) is 1. The van der Waals surface area contributed by atoms with Crippen molar-refractivity contribution in [2.75, 3.05) is 0 Å². The van der Waals surface area contributed by atoms with Crippen LogP contribution in [0.15, 0.2) is 0 Å². The van der Waals surface area contributed by atoms with Crippen LogP contribution in [0.4, 0.5) is 0 Å². The van der Waals surface area contributed by atoms with E-state index in [1.165, 1.54) is 88.6 Å². The first-order chi connectivity index (χ1) is 15.1. The molecule has 0 bridgehead atoms. The fourth-order valence-corrected chi connectivity index (χ4v) is 6.82. The van der Waals surface area contributed by atoms with Gasteiger partial charge in [0.1, 0.15) is 11.4 Å². The summed E-state index contributed by atoms with van der Waals surface area (Å²) in [5.41, 5.74) is 3.53. The Kier molecular flexibility index (Phi) is 12.6. The maximum absolute atomic E-state index is 4.04. The van der Waals surface area contributed by atoms with Gasteiger partial charge in [-0.3, -0.25) is 0 Å². The number of hydrogen-bond donors (Lipinski definition) is 1. The first-order valence-electron chi connectivity index (χ1n) is 14.2. The molecule has 188 valence electrons. The monoisotopic (exact) mass is 447 g/mol. The molecular weight excluding hydrogens is 388 g/mol. The van der Waals surface area contributed by atoms with Gasteiger partial charge in [-0.25, -0.2) is 9.55 Å². The minimum absolute atomic E-state index is 0.170. The van der Waals surface area contributed by atoms with Crippen molar-refractivity contribution < 1.29 is 4.57 Å². The molecule has 0 saturated heterocycles.